The number of halogens is 3. The van der Waals surface area contributed by atoms with Crippen LogP contribution < -0.4 is 0 Å². The first-order valence-corrected chi connectivity index (χ1v) is 3.85. The molecule has 0 bridgehead atoms. The van der Waals surface area contributed by atoms with E-state index in [9.17, 15) is 13.6 Å². The van der Waals surface area contributed by atoms with Crippen molar-refractivity contribution in [1.29, 1.82) is 0 Å². The Labute approximate surface area is 78.5 Å². The fourth-order valence-electron chi connectivity index (χ4n) is 0.901. The molecule has 0 saturated heterocycles. The molecule has 0 aliphatic carbocycles. The molecule has 2 nitrogen and oxygen atoms in total. The Hall–Kier alpha value is -1.03. The van der Waals surface area contributed by atoms with Crippen LogP contribution in [0.25, 0.3) is 0 Å². The Bertz CT molecular complexity index is 341. The van der Waals surface area contributed by atoms with E-state index >= 15 is 0 Å². The van der Waals surface area contributed by atoms with Crippen molar-refractivity contribution in [3.05, 3.63) is 29.1 Å². The highest BCUT2D eigenvalue weighted by atomic mass is 35.5. The molecule has 0 saturated carbocycles. The van der Waals surface area contributed by atoms with Crippen molar-refractivity contribution in [2.45, 2.75) is 13.3 Å². The third-order valence-corrected chi connectivity index (χ3v) is 1.67. The van der Waals surface area contributed by atoms with Crippen LogP contribution in [0, 0.1) is 6.92 Å². The highest BCUT2D eigenvalue weighted by molar-refractivity contribution is 6.67. The molecule has 0 atom stereocenters. The van der Waals surface area contributed by atoms with Gasteiger partial charge in [-0.25, -0.2) is 13.8 Å². The minimum atomic E-state index is -2.73. The monoisotopic (exact) mass is 205 g/mol. The van der Waals surface area contributed by atoms with E-state index in [1.54, 1.807) is 6.92 Å². The Balaban J connectivity index is 3.27. The molecular weight excluding hydrogens is 200 g/mol. The van der Waals surface area contributed by atoms with Crippen molar-refractivity contribution in [3.63, 3.8) is 0 Å². The molecular formula is C8H6ClF2NO. The number of hydrogen-bond donors (Lipinski definition) is 0. The predicted octanol–water partition coefficient (Wildman–Crippen LogP) is 2.71. The van der Waals surface area contributed by atoms with Crippen molar-refractivity contribution in [2.75, 3.05) is 0 Å². The summed E-state index contributed by atoms with van der Waals surface area (Å²) in [5.41, 5.74) is -0.310. The summed E-state index contributed by atoms with van der Waals surface area (Å²) in [6.07, 6.45) is -2.73. The van der Waals surface area contributed by atoms with Gasteiger partial charge in [0.15, 0.2) is 0 Å². The van der Waals surface area contributed by atoms with Gasteiger partial charge in [0.2, 0.25) is 0 Å². The molecule has 0 amide bonds. The fraction of sp³-hybridized carbons (Fsp3) is 0.250. The number of aromatic nitrogens is 1. The maximum atomic E-state index is 12.3. The van der Waals surface area contributed by atoms with Crippen molar-refractivity contribution in [2.24, 2.45) is 0 Å². The van der Waals surface area contributed by atoms with Gasteiger partial charge in [-0.3, -0.25) is 4.79 Å². The summed E-state index contributed by atoms with van der Waals surface area (Å²) in [5, 5.41) is -0.959. The normalized spacial score (nSPS) is 10.5. The highest BCUT2D eigenvalue weighted by Crippen LogP contribution is 2.22. The van der Waals surface area contributed by atoms with E-state index in [-0.39, 0.29) is 5.69 Å². The molecule has 0 aliphatic rings. The van der Waals surface area contributed by atoms with Gasteiger partial charge in [0.1, 0.15) is 5.69 Å². The van der Waals surface area contributed by atoms with Crippen molar-refractivity contribution < 1.29 is 13.6 Å². The molecule has 0 N–H and O–H groups in total. The van der Waals surface area contributed by atoms with Crippen LogP contribution in [-0.4, -0.2) is 10.2 Å². The largest absolute Gasteiger partial charge is 0.274 e. The number of rotatable bonds is 2. The van der Waals surface area contributed by atoms with Crippen molar-refractivity contribution >= 4 is 16.8 Å². The average Bonchev–Trinajstić information content (AvgIpc) is 2.03. The highest BCUT2D eigenvalue weighted by Gasteiger charge is 2.18. The first kappa shape index (κ1) is 10.1. The van der Waals surface area contributed by atoms with Gasteiger partial charge in [-0.05, 0) is 30.7 Å². The lowest BCUT2D eigenvalue weighted by Crippen LogP contribution is -2.02. The summed E-state index contributed by atoms with van der Waals surface area (Å²) in [7, 11) is 0. The molecule has 0 aliphatic heterocycles. The van der Waals surface area contributed by atoms with Crippen LogP contribution in [-0.2, 0) is 0 Å². The number of carbonyl (C=O) groups is 1. The maximum absolute atomic E-state index is 12.3. The van der Waals surface area contributed by atoms with Crippen LogP contribution in [0.15, 0.2) is 12.1 Å². The summed E-state index contributed by atoms with van der Waals surface area (Å²) in [5.74, 6) is 0. The van der Waals surface area contributed by atoms with Gasteiger partial charge in [0.05, 0.1) is 0 Å². The number of nitrogens with zero attached hydrogens (tertiary/aromatic N) is 1. The van der Waals surface area contributed by atoms with E-state index < -0.39 is 17.2 Å². The van der Waals surface area contributed by atoms with E-state index in [0.717, 1.165) is 6.07 Å². The number of aryl methyl sites for hydroxylation is 1. The SMILES string of the molecule is Cc1ccc(C(F)F)c(C(=O)Cl)n1. The molecule has 0 unspecified atom stereocenters. The van der Waals surface area contributed by atoms with E-state index in [1.807, 2.05) is 0 Å². The van der Waals surface area contributed by atoms with E-state index in [4.69, 9.17) is 11.6 Å². The molecule has 0 radical (unpaired) electrons. The minimum absolute atomic E-state index is 0.364. The molecule has 1 aromatic heterocycles. The van der Waals surface area contributed by atoms with Crippen LogP contribution in [0.1, 0.15) is 28.2 Å². The summed E-state index contributed by atoms with van der Waals surface area (Å²) in [6, 6.07) is 2.56. The molecule has 1 aromatic rings. The standard InChI is InChI=1S/C8H6ClF2NO/c1-4-2-3-5(8(10)11)6(12-4)7(9)13/h2-3,8H,1H3. The van der Waals surface area contributed by atoms with E-state index in [0.29, 0.717) is 5.69 Å². The molecule has 70 valence electrons. The second-order valence-electron chi connectivity index (χ2n) is 2.46. The van der Waals surface area contributed by atoms with Crippen molar-refractivity contribution in [3.8, 4) is 0 Å². The Morgan fingerprint density at radius 2 is 2.15 bits per heavy atom. The number of pyridine rings is 1. The summed E-state index contributed by atoms with van der Waals surface area (Å²) < 4.78 is 24.5. The molecule has 0 fully saturated rings. The summed E-state index contributed by atoms with van der Waals surface area (Å²) in [4.78, 5) is 14.3. The Morgan fingerprint density at radius 1 is 1.54 bits per heavy atom. The smallest absolute Gasteiger partial charge is 0.271 e. The number of alkyl halides is 2. The average molecular weight is 206 g/mol. The van der Waals surface area contributed by atoms with Crippen LogP contribution >= 0.6 is 11.6 Å². The fourth-order valence-corrected chi connectivity index (χ4v) is 1.05. The zero-order chi connectivity index (χ0) is 10.0. The van der Waals surface area contributed by atoms with Gasteiger partial charge in [0.25, 0.3) is 11.7 Å². The predicted molar refractivity (Wildman–Crippen MR) is 44.1 cm³/mol. The molecule has 0 aromatic carbocycles. The Kier molecular flexibility index (Phi) is 2.93. The zero-order valence-corrected chi connectivity index (χ0v) is 7.48. The lowest BCUT2D eigenvalue weighted by Gasteiger charge is -2.04. The van der Waals surface area contributed by atoms with Crippen LogP contribution in [0.4, 0.5) is 8.78 Å². The van der Waals surface area contributed by atoms with E-state index in [2.05, 4.69) is 4.98 Å². The molecule has 0 spiro atoms. The quantitative estimate of drug-likeness (QED) is 0.695. The molecule has 1 rings (SSSR count). The van der Waals surface area contributed by atoms with Crippen LogP contribution in [0.3, 0.4) is 0 Å². The third kappa shape index (κ3) is 2.21. The van der Waals surface area contributed by atoms with Gasteiger partial charge in [-0.1, -0.05) is 0 Å². The molecule has 5 heteroatoms. The first-order valence-electron chi connectivity index (χ1n) is 3.48. The number of hydrogen-bond acceptors (Lipinski definition) is 2. The third-order valence-electron chi connectivity index (χ3n) is 1.49. The van der Waals surface area contributed by atoms with Crippen LogP contribution in [0.5, 0.6) is 0 Å². The molecule has 1 heterocycles. The topological polar surface area (TPSA) is 30.0 Å². The summed E-state index contributed by atoms with van der Waals surface area (Å²) >= 11 is 5.09. The van der Waals surface area contributed by atoms with Crippen LogP contribution in [0.2, 0.25) is 0 Å². The first-order chi connectivity index (χ1) is 6.02. The van der Waals surface area contributed by atoms with Crippen molar-refractivity contribution in [1.82, 2.24) is 4.98 Å². The zero-order valence-electron chi connectivity index (χ0n) is 6.72. The molecule has 13 heavy (non-hydrogen) atoms. The second-order valence-corrected chi connectivity index (χ2v) is 2.81. The lowest BCUT2D eigenvalue weighted by molar-refractivity contribution is 0.106. The lowest BCUT2D eigenvalue weighted by atomic mass is 10.2. The summed E-state index contributed by atoms with van der Waals surface area (Å²) in [6.45, 7) is 1.60. The van der Waals surface area contributed by atoms with Gasteiger partial charge in [0, 0.05) is 11.3 Å². The Morgan fingerprint density at radius 3 is 2.62 bits per heavy atom. The maximum Gasteiger partial charge on any atom is 0.271 e. The number of carbonyl (C=O) groups excluding carboxylic acids is 1. The second kappa shape index (κ2) is 3.79. The van der Waals surface area contributed by atoms with E-state index in [1.165, 1.54) is 6.07 Å². The van der Waals surface area contributed by atoms with Gasteiger partial charge in [-0.2, -0.15) is 0 Å². The van der Waals surface area contributed by atoms with Gasteiger partial charge in [-0.15, -0.1) is 0 Å². The van der Waals surface area contributed by atoms with Gasteiger partial charge >= 0.3 is 0 Å². The van der Waals surface area contributed by atoms with Gasteiger partial charge < -0.3 is 0 Å². The minimum Gasteiger partial charge on any atom is -0.274 e.